The minimum atomic E-state index is 1.09. The third-order valence-corrected chi connectivity index (χ3v) is 3.27. The van der Waals surface area contributed by atoms with Crippen molar-refractivity contribution in [2.24, 2.45) is 0 Å². The Bertz CT molecular complexity index is 359. The summed E-state index contributed by atoms with van der Waals surface area (Å²) >= 11 is 0. The van der Waals surface area contributed by atoms with E-state index in [4.69, 9.17) is 0 Å². The molecule has 1 fully saturated rings. The molecule has 0 bridgehead atoms. The van der Waals surface area contributed by atoms with E-state index in [2.05, 4.69) is 54.6 Å². The molecule has 1 aliphatic rings. The summed E-state index contributed by atoms with van der Waals surface area (Å²) in [6.45, 7) is 10.8. The van der Waals surface area contributed by atoms with E-state index in [-0.39, 0.29) is 0 Å². The third kappa shape index (κ3) is 2.45. The fourth-order valence-corrected chi connectivity index (χ4v) is 2.00. The Morgan fingerprint density at radius 1 is 1.06 bits per heavy atom. The Labute approximate surface area is 98.2 Å². The number of piperazine rings is 1. The van der Waals surface area contributed by atoms with E-state index in [0.717, 1.165) is 31.9 Å². The van der Waals surface area contributed by atoms with Crippen LogP contribution in [0.4, 0.5) is 0 Å². The lowest BCUT2D eigenvalue weighted by atomic mass is 10.1. The molecule has 1 heterocycles. The molecule has 0 N–H and O–H groups in total. The third-order valence-electron chi connectivity index (χ3n) is 3.27. The fourth-order valence-electron chi connectivity index (χ4n) is 2.00. The van der Waals surface area contributed by atoms with Crippen LogP contribution in [-0.4, -0.2) is 43.0 Å². The Morgan fingerprint density at radius 2 is 1.62 bits per heavy atom. The first-order valence-corrected chi connectivity index (χ1v) is 5.86. The fraction of sp³-hybridized carbons (Fsp3) is 0.429. The lowest BCUT2D eigenvalue weighted by molar-refractivity contribution is 0.207. The van der Waals surface area contributed by atoms with Crippen LogP contribution in [0, 0.1) is 6.92 Å². The van der Waals surface area contributed by atoms with Crippen molar-refractivity contribution in [3.63, 3.8) is 0 Å². The zero-order valence-electron chi connectivity index (χ0n) is 10.2. The molecule has 1 aromatic rings. The molecule has 1 saturated heterocycles. The summed E-state index contributed by atoms with van der Waals surface area (Å²) in [4.78, 5) is 4.74. The largest absolute Gasteiger partial charge is 0.369 e. The van der Waals surface area contributed by atoms with Crippen LogP contribution in [0.5, 0.6) is 0 Å². The van der Waals surface area contributed by atoms with Crippen LogP contribution in [0.15, 0.2) is 30.8 Å². The zero-order chi connectivity index (χ0) is 11.5. The van der Waals surface area contributed by atoms with E-state index in [1.165, 1.54) is 11.1 Å². The molecular weight excluding hydrogens is 196 g/mol. The van der Waals surface area contributed by atoms with Crippen molar-refractivity contribution in [1.29, 1.82) is 0 Å². The second kappa shape index (κ2) is 4.71. The van der Waals surface area contributed by atoms with Gasteiger partial charge in [0, 0.05) is 31.9 Å². The first-order valence-electron chi connectivity index (χ1n) is 5.86. The van der Waals surface area contributed by atoms with Gasteiger partial charge in [0.25, 0.3) is 0 Å². The molecule has 1 aromatic carbocycles. The van der Waals surface area contributed by atoms with Crippen LogP contribution in [-0.2, 0) is 0 Å². The highest BCUT2D eigenvalue weighted by molar-refractivity contribution is 5.62. The topological polar surface area (TPSA) is 6.48 Å². The second-order valence-electron chi connectivity index (χ2n) is 4.60. The molecule has 0 unspecified atom stereocenters. The van der Waals surface area contributed by atoms with Crippen LogP contribution < -0.4 is 0 Å². The van der Waals surface area contributed by atoms with Gasteiger partial charge in [-0.3, -0.25) is 0 Å². The number of benzene rings is 1. The molecule has 2 heteroatoms. The van der Waals surface area contributed by atoms with Gasteiger partial charge in [0.2, 0.25) is 0 Å². The molecule has 0 atom stereocenters. The molecular formula is C14H20N2. The first-order chi connectivity index (χ1) is 7.66. The van der Waals surface area contributed by atoms with Gasteiger partial charge in [-0.2, -0.15) is 0 Å². The van der Waals surface area contributed by atoms with Crippen molar-refractivity contribution in [2.75, 3.05) is 33.2 Å². The number of likely N-dealkylation sites (N-methyl/N-ethyl adjacent to an activating group) is 1. The van der Waals surface area contributed by atoms with E-state index >= 15 is 0 Å². The van der Waals surface area contributed by atoms with Crippen LogP contribution in [0.25, 0.3) is 5.70 Å². The molecule has 16 heavy (non-hydrogen) atoms. The number of rotatable bonds is 2. The van der Waals surface area contributed by atoms with Gasteiger partial charge in [-0.05, 0) is 19.5 Å². The van der Waals surface area contributed by atoms with Crippen molar-refractivity contribution in [1.82, 2.24) is 9.80 Å². The molecule has 1 aliphatic heterocycles. The van der Waals surface area contributed by atoms with Crippen LogP contribution in [0.2, 0.25) is 0 Å². The molecule has 0 spiro atoms. The normalized spacial score (nSPS) is 17.5. The summed E-state index contributed by atoms with van der Waals surface area (Å²) in [5.74, 6) is 0. The quantitative estimate of drug-likeness (QED) is 0.748. The molecule has 0 saturated carbocycles. The number of hydrogen-bond donors (Lipinski definition) is 0. The molecule has 0 aliphatic carbocycles. The summed E-state index contributed by atoms with van der Waals surface area (Å²) < 4.78 is 0. The zero-order valence-corrected chi connectivity index (χ0v) is 10.2. The van der Waals surface area contributed by atoms with Crippen LogP contribution in [0.3, 0.4) is 0 Å². The highest BCUT2D eigenvalue weighted by Crippen LogP contribution is 2.19. The standard InChI is InChI=1S/C14H20N2/c1-12-4-6-14(7-5-12)13(2)16-10-8-15(3)9-11-16/h4-7H,2,8-11H2,1,3H3. The molecule has 0 radical (unpaired) electrons. The van der Waals surface area contributed by atoms with Gasteiger partial charge >= 0.3 is 0 Å². The van der Waals surface area contributed by atoms with Crippen LogP contribution in [0.1, 0.15) is 11.1 Å². The predicted octanol–water partition coefficient (Wildman–Crippen LogP) is 2.21. The lowest BCUT2D eigenvalue weighted by Crippen LogP contribution is -2.43. The van der Waals surface area contributed by atoms with Gasteiger partial charge in [-0.1, -0.05) is 36.4 Å². The molecule has 2 rings (SSSR count). The predicted molar refractivity (Wildman–Crippen MR) is 69.3 cm³/mol. The Balaban J connectivity index is 2.05. The van der Waals surface area contributed by atoms with E-state index < -0.39 is 0 Å². The Hall–Kier alpha value is -1.28. The average Bonchev–Trinajstić information content (AvgIpc) is 2.30. The molecule has 2 nitrogen and oxygen atoms in total. The minimum Gasteiger partial charge on any atom is -0.369 e. The maximum atomic E-state index is 4.21. The maximum Gasteiger partial charge on any atom is 0.0367 e. The smallest absolute Gasteiger partial charge is 0.0367 e. The van der Waals surface area contributed by atoms with Gasteiger partial charge in [0.05, 0.1) is 0 Å². The van der Waals surface area contributed by atoms with Crippen molar-refractivity contribution in [2.45, 2.75) is 6.92 Å². The highest BCUT2D eigenvalue weighted by atomic mass is 15.2. The number of nitrogens with zero attached hydrogens (tertiary/aromatic N) is 2. The monoisotopic (exact) mass is 216 g/mol. The first kappa shape index (κ1) is 11.2. The van der Waals surface area contributed by atoms with E-state index in [9.17, 15) is 0 Å². The maximum absolute atomic E-state index is 4.21. The molecule has 0 aromatic heterocycles. The van der Waals surface area contributed by atoms with Gasteiger partial charge in [0.1, 0.15) is 0 Å². The summed E-state index contributed by atoms with van der Waals surface area (Å²) in [6.07, 6.45) is 0. The van der Waals surface area contributed by atoms with Gasteiger partial charge in [-0.25, -0.2) is 0 Å². The van der Waals surface area contributed by atoms with Crippen molar-refractivity contribution in [3.05, 3.63) is 42.0 Å². The summed E-state index contributed by atoms with van der Waals surface area (Å²) in [5.41, 5.74) is 3.71. The summed E-state index contributed by atoms with van der Waals surface area (Å²) in [7, 11) is 2.17. The number of aryl methyl sites for hydroxylation is 1. The minimum absolute atomic E-state index is 1.09. The van der Waals surface area contributed by atoms with Gasteiger partial charge in [-0.15, -0.1) is 0 Å². The Morgan fingerprint density at radius 3 is 2.19 bits per heavy atom. The molecule has 86 valence electrons. The number of hydrogen-bond acceptors (Lipinski definition) is 2. The highest BCUT2D eigenvalue weighted by Gasteiger charge is 2.15. The van der Waals surface area contributed by atoms with Crippen molar-refractivity contribution >= 4 is 5.70 Å². The lowest BCUT2D eigenvalue weighted by Gasteiger charge is -2.35. The van der Waals surface area contributed by atoms with E-state index in [1.807, 2.05) is 0 Å². The van der Waals surface area contributed by atoms with E-state index in [0.29, 0.717) is 0 Å². The van der Waals surface area contributed by atoms with Gasteiger partial charge < -0.3 is 9.80 Å². The summed E-state index contributed by atoms with van der Waals surface area (Å²) in [5, 5.41) is 0. The van der Waals surface area contributed by atoms with Gasteiger partial charge in [0.15, 0.2) is 0 Å². The summed E-state index contributed by atoms with van der Waals surface area (Å²) in [6, 6.07) is 8.62. The Kier molecular flexibility index (Phi) is 3.30. The van der Waals surface area contributed by atoms with Crippen molar-refractivity contribution in [3.8, 4) is 0 Å². The van der Waals surface area contributed by atoms with E-state index in [1.54, 1.807) is 0 Å². The SMILES string of the molecule is C=C(c1ccc(C)cc1)N1CCN(C)CC1. The van der Waals surface area contributed by atoms with Crippen molar-refractivity contribution < 1.29 is 0 Å². The second-order valence-corrected chi connectivity index (χ2v) is 4.60. The average molecular weight is 216 g/mol. The van der Waals surface area contributed by atoms with Crippen LogP contribution >= 0.6 is 0 Å². The molecule has 0 amide bonds.